The number of carbonyl (C=O) groups is 1. The Morgan fingerprint density at radius 1 is 1.41 bits per heavy atom. The van der Waals surface area contributed by atoms with E-state index in [-0.39, 0.29) is 12.5 Å². The van der Waals surface area contributed by atoms with Gasteiger partial charge in [-0.15, -0.1) is 0 Å². The molecule has 1 aliphatic heterocycles. The summed E-state index contributed by atoms with van der Waals surface area (Å²) in [5.41, 5.74) is 2.64. The number of rotatable bonds is 4. The molecule has 0 radical (unpaired) electrons. The molecule has 92 valence electrons. The molecule has 0 saturated heterocycles. The third-order valence-corrected chi connectivity index (χ3v) is 3.12. The smallest absolute Gasteiger partial charge is 0.335 e. The minimum absolute atomic E-state index is 0.188. The second-order valence-corrected chi connectivity index (χ2v) is 4.75. The van der Waals surface area contributed by atoms with E-state index in [1.54, 1.807) is 12.1 Å². The molecular weight excluding hydrogens is 218 g/mol. The van der Waals surface area contributed by atoms with E-state index in [9.17, 15) is 4.79 Å². The van der Waals surface area contributed by atoms with Crippen molar-refractivity contribution in [1.29, 1.82) is 0 Å². The Balaban J connectivity index is 2.08. The molecule has 1 aromatic carbocycles. The first-order valence-corrected chi connectivity index (χ1v) is 5.78. The molecule has 1 aromatic rings. The fourth-order valence-corrected chi connectivity index (χ4v) is 2.23. The molecule has 0 saturated carbocycles. The fraction of sp³-hybridized carbons (Fsp3) is 0.462. The van der Waals surface area contributed by atoms with Crippen LogP contribution in [0.25, 0.3) is 0 Å². The molecule has 1 aliphatic rings. The van der Waals surface area contributed by atoms with Crippen molar-refractivity contribution in [1.82, 2.24) is 4.90 Å². The molecular formula is C13H17NO3. The molecule has 0 amide bonds. The van der Waals surface area contributed by atoms with Crippen molar-refractivity contribution in [3.8, 4) is 0 Å². The summed E-state index contributed by atoms with van der Waals surface area (Å²) < 4.78 is 0. The van der Waals surface area contributed by atoms with Gasteiger partial charge in [0, 0.05) is 26.2 Å². The van der Waals surface area contributed by atoms with Crippen molar-refractivity contribution < 1.29 is 15.0 Å². The second-order valence-electron chi connectivity index (χ2n) is 4.75. The standard InChI is InChI=1S/C13H17NO3/c1-9(8-15)5-14-6-11-3-2-10(13(16)17)4-12(11)7-14/h2-4,9,15H,5-8H2,1H3,(H,16,17). The number of carboxylic acids is 1. The first-order chi connectivity index (χ1) is 8.10. The lowest BCUT2D eigenvalue weighted by Crippen LogP contribution is -2.24. The molecule has 0 aliphatic carbocycles. The molecule has 1 unspecified atom stereocenters. The summed E-state index contributed by atoms with van der Waals surface area (Å²) in [6.45, 7) is 4.66. The zero-order valence-electron chi connectivity index (χ0n) is 9.89. The van der Waals surface area contributed by atoms with Gasteiger partial charge >= 0.3 is 5.97 Å². The zero-order valence-corrected chi connectivity index (χ0v) is 9.89. The van der Waals surface area contributed by atoms with Crippen LogP contribution in [0.2, 0.25) is 0 Å². The topological polar surface area (TPSA) is 60.8 Å². The van der Waals surface area contributed by atoms with E-state index in [2.05, 4.69) is 4.90 Å². The molecule has 0 spiro atoms. The Hall–Kier alpha value is -1.39. The summed E-state index contributed by atoms with van der Waals surface area (Å²) in [6.07, 6.45) is 0. The van der Waals surface area contributed by atoms with Gasteiger partial charge in [0.05, 0.1) is 5.56 Å². The predicted octanol–water partition coefficient (Wildman–Crippen LogP) is 1.33. The molecule has 0 aromatic heterocycles. The highest BCUT2D eigenvalue weighted by Gasteiger charge is 2.21. The van der Waals surface area contributed by atoms with E-state index in [1.807, 2.05) is 13.0 Å². The number of carboxylic acid groups (broad SMARTS) is 1. The maximum Gasteiger partial charge on any atom is 0.335 e. The fourth-order valence-electron chi connectivity index (χ4n) is 2.23. The van der Waals surface area contributed by atoms with E-state index >= 15 is 0 Å². The largest absolute Gasteiger partial charge is 0.478 e. The van der Waals surface area contributed by atoms with Crippen molar-refractivity contribution in [2.75, 3.05) is 13.2 Å². The minimum atomic E-state index is -0.880. The van der Waals surface area contributed by atoms with Gasteiger partial charge in [-0.2, -0.15) is 0 Å². The average molecular weight is 235 g/mol. The van der Waals surface area contributed by atoms with Crippen LogP contribution in [0.3, 0.4) is 0 Å². The van der Waals surface area contributed by atoms with E-state index in [0.29, 0.717) is 5.56 Å². The average Bonchev–Trinajstić information content (AvgIpc) is 2.69. The van der Waals surface area contributed by atoms with Gasteiger partial charge in [0.1, 0.15) is 0 Å². The number of hydrogen-bond donors (Lipinski definition) is 2. The lowest BCUT2D eigenvalue weighted by Gasteiger charge is -2.18. The highest BCUT2D eigenvalue weighted by atomic mass is 16.4. The monoisotopic (exact) mass is 235 g/mol. The molecule has 0 fully saturated rings. The van der Waals surface area contributed by atoms with Gasteiger partial charge < -0.3 is 10.2 Å². The van der Waals surface area contributed by atoms with Gasteiger partial charge in [-0.25, -0.2) is 4.79 Å². The number of fused-ring (bicyclic) bond motifs is 1. The Morgan fingerprint density at radius 3 is 2.76 bits per heavy atom. The molecule has 2 rings (SSSR count). The van der Waals surface area contributed by atoms with Crippen LogP contribution in [0.15, 0.2) is 18.2 Å². The molecule has 1 atom stereocenters. The van der Waals surface area contributed by atoms with Crippen molar-refractivity contribution in [3.63, 3.8) is 0 Å². The lowest BCUT2D eigenvalue weighted by molar-refractivity contribution is 0.0696. The van der Waals surface area contributed by atoms with E-state index in [1.165, 1.54) is 5.56 Å². The Morgan fingerprint density at radius 2 is 2.12 bits per heavy atom. The van der Waals surface area contributed by atoms with Crippen molar-refractivity contribution in [2.24, 2.45) is 5.92 Å². The molecule has 4 nitrogen and oxygen atoms in total. The number of aromatic carboxylic acids is 1. The van der Waals surface area contributed by atoms with Gasteiger partial charge in [-0.05, 0) is 29.2 Å². The Bertz CT molecular complexity index is 431. The maximum atomic E-state index is 10.9. The van der Waals surface area contributed by atoms with Crippen molar-refractivity contribution in [3.05, 3.63) is 34.9 Å². The predicted molar refractivity (Wildman–Crippen MR) is 63.8 cm³/mol. The lowest BCUT2D eigenvalue weighted by atomic mass is 10.1. The van der Waals surface area contributed by atoms with Gasteiger partial charge in [0.15, 0.2) is 0 Å². The van der Waals surface area contributed by atoms with Gasteiger partial charge in [-0.1, -0.05) is 13.0 Å². The first-order valence-electron chi connectivity index (χ1n) is 5.78. The first kappa shape index (κ1) is 12.1. The highest BCUT2D eigenvalue weighted by Crippen LogP contribution is 2.24. The summed E-state index contributed by atoms with van der Waals surface area (Å²) >= 11 is 0. The summed E-state index contributed by atoms with van der Waals surface area (Å²) in [6, 6.07) is 5.30. The summed E-state index contributed by atoms with van der Waals surface area (Å²) in [4.78, 5) is 13.1. The third kappa shape index (κ3) is 2.65. The quantitative estimate of drug-likeness (QED) is 0.826. The number of aliphatic hydroxyl groups is 1. The van der Waals surface area contributed by atoms with Crippen LogP contribution in [-0.4, -0.2) is 34.2 Å². The number of hydrogen-bond acceptors (Lipinski definition) is 3. The van der Waals surface area contributed by atoms with Gasteiger partial charge in [0.25, 0.3) is 0 Å². The number of benzene rings is 1. The SMILES string of the molecule is CC(CO)CN1Cc2ccc(C(=O)O)cc2C1. The maximum absolute atomic E-state index is 10.9. The summed E-state index contributed by atoms with van der Waals surface area (Å²) in [5, 5.41) is 17.9. The number of nitrogens with zero attached hydrogens (tertiary/aromatic N) is 1. The van der Waals surface area contributed by atoms with Crippen LogP contribution in [0.4, 0.5) is 0 Å². The van der Waals surface area contributed by atoms with Crippen LogP contribution in [0.1, 0.15) is 28.4 Å². The van der Waals surface area contributed by atoms with Crippen LogP contribution >= 0.6 is 0 Å². The normalized spacial score (nSPS) is 16.8. The minimum Gasteiger partial charge on any atom is -0.478 e. The van der Waals surface area contributed by atoms with Gasteiger partial charge in [-0.3, -0.25) is 4.90 Å². The molecule has 2 N–H and O–H groups in total. The number of aliphatic hydroxyl groups excluding tert-OH is 1. The Kier molecular flexibility index (Phi) is 3.45. The van der Waals surface area contributed by atoms with Crippen LogP contribution in [-0.2, 0) is 13.1 Å². The second kappa shape index (κ2) is 4.85. The van der Waals surface area contributed by atoms with Gasteiger partial charge in [0.2, 0.25) is 0 Å². The van der Waals surface area contributed by atoms with Crippen molar-refractivity contribution >= 4 is 5.97 Å². The Labute approximate surface area is 100 Å². The molecule has 4 heteroatoms. The van der Waals surface area contributed by atoms with E-state index in [4.69, 9.17) is 10.2 Å². The highest BCUT2D eigenvalue weighted by molar-refractivity contribution is 5.87. The third-order valence-electron chi connectivity index (χ3n) is 3.12. The van der Waals surface area contributed by atoms with E-state index in [0.717, 1.165) is 25.2 Å². The molecule has 17 heavy (non-hydrogen) atoms. The summed E-state index contributed by atoms with van der Waals surface area (Å²) in [5.74, 6) is -0.627. The zero-order chi connectivity index (χ0) is 12.4. The van der Waals surface area contributed by atoms with Crippen LogP contribution in [0, 0.1) is 5.92 Å². The summed E-state index contributed by atoms with van der Waals surface area (Å²) in [7, 11) is 0. The van der Waals surface area contributed by atoms with Crippen molar-refractivity contribution in [2.45, 2.75) is 20.0 Å². The van der Waals surface area contributed by atoms with Crippen LogP contribution < -0.4 is 0 Å². The van der Waals surface area contributed by atoms with Crippen LogP contribution in [0.5, 0.6) is 0 Å². The van der Waals surface area contributed by atoms with E-state index < -0.39 is 5.97 Å². The molecule has 1 heterocycles. The molecule has 0 bridgehead atoms.